The van der Waals surface area contributed by atoms with E-state index in [-0.39, 0.29) is 0 Å². The van der Waals surface area contributed by atoms with Gasteiger partial charge in [-0.2, -0.15) is 5.10 Å². The molecule has 0 amide bonds. The van der Waals surface area contributed by atoms with Gasteiger partial charge < -0.3 is 10.5 Å². The Labute approximate surface area is 81.9 Å². The van der Waals surface area contributed by atoms with Crippen LogP contribution in [0.4, 0.5) is 5.69 Å². The summed E-state index contributed by atoms with van der Waals surface area (Å²) in [6.45, 7) is 0. The van der Waals surface area contributed by atoms with Crippen LogP contribution in [-0.4, -0.2) is 16.9 Å². The molecule has 0 unspecified atom stereocenters. The van der Waals surface area contributed by atoms with E-state index in [9.17, 15) is 0 Å². The SMILES string of the molecule is COc1cnn(-c2ccc(N)cc2)c1. The first kappa shape index (κ1) is 8.62. The molecule has 0 atom stereocenters. The minimum absolute atomic E-state index is 0.738. The molecule has 0 aliphatic heterocycles. The van der Waals surface area contributed by atoms with Crippen molar-refractivity contribution in [2.75, 3.05) is 12.8 Å². The van der Waals surface area contributed by atoms with E-state index in [2.05, 4.69) is 5.10 Å². The van der Waals surface area contributed by atoms with E-state index in [1.807, 2.05) is 30.5 Å². The largest absolute Gasteiger partial charge is 0.493 e. The summed E-state index contributed by atoms with van der Waals surface area (Å²) in [6.07, 6.45) is 3.47. The first-order chi connectivity index (χ1) is 6.79. The first-order valence-electron chi connectivity index (χ1n) is 4.24. The summed E-state index contributed by atoms with van der Waals surface area (Å²) in [5, 5.41) is 4.14. The topological polar surface area (TPSA) is 53.1 Å². The molecule has 2 N–H and O–H groups in total. The summed E-state index contributed by atoms with van der Waals surface area (Å²) >= 11 is 0. The molecule has 1 heterocycles. The number of nitrogens with zero attached hydrogens (tertiary/aromatic N) is 2. The molecular formula is C10H11N3O. The highest BCUT2D eigenvalue weighted by Crippen LogP contribution is 2.14. The lowest BCUT2D eigenvalue weighted by molar-refractivity contribution is 0.414. The lowest BCUT2D eigenvalue weighted by Crippen LogP contribution is -1.94. The Balaban J connectivity index is 2.34. The fourth-order valence-electron chi connectivity index (χ4n) is 1.18. The molecule has 0 saturated carbocycles. The maximum atomic E-state index is 5.58. The van der Waals surface area contributed by atoms with Crippen LogP contribution in [0, 0.1) is 0 Å². The first-order valence-corrected chi connectivity index (χ1v) is 4.24. The van der Waals surface area contributed by atoms with Gasteiger partial charge in [-0.3, -0.25) is 0 Å². The number of hydrogen-bond donors (Lipinski definition) is 1. The number of hydrogen-bond acceptors (Lipinski definition) is 3. The van der Waals surface area contributed by atoms with E-state index in [1.165, 1.54) is 0 Å². The predicted molar refractivity (Wildman–Crippen MR) is 54.5 cm³/mol. The number of ether oxygens (including phenoxy) is 1. The lowest BCUT2D eigenvalue weighted by atomic mass is 10.3. The summed E-state index contributed by atoms with van der Waals surface area (Å²) in [4.78, 5) is 0. The van der Waals surface area contributed by atoms with E-state index < -0.39 is 0 Å². The van der Waals surface area contributed by atoms with E-state index in [0.717, 1.165) is 17.1 Å². The van der Waals surface area contributed by atoms with Gasteiger partial charge in [0, 0.05) is 5.69 Å². The van der Waals surface area contributed by atoms with Crippen molar-refractivity contribution >= 4 is 5.69 Å². The second-order valence-electron chi connectivity index (χ2n) is 2.92. The van der Waals surface area contributed by atoms with Crippen molar-refractivity contribution in [2.24, 2.45) is 0 Å². The number of nitrogens with two attached hydrogens (primary N) is 1. The Morgan fingerprint density at radius 3 is 2.57 bits per heavy atom. The molecule has 0 bridgehead atoms. The van der Waals surface area contributed by atoms with Crippen LogP contribution in [0.15, 0.2) is 36.7 Å². The summed E-state index contributed by atoms with van der Waals surface area (Å²) in [6, 6.07) is 7.48. The summed E-state index contributed by atoms with van der Waals surface area (Å²) in [5.41, 5.74) is 7.29. The third-order valence-corrected chi connectivity index (χ3v) is 1.95. The van der Waals surface area contributed by atoms with Crippen LogP contribution >= 0.6 is 0 Å². The van der Waals surface area contributed by atoms with Gasteiger partial charge in [-0.25, -0.2) is 4.68 Å². The molecule has 1 aromatic heterocycles. The molecule has 0 aliphatic rings. The van der Waals surface area contributed by atoms with E-state index in [4.69, 9.17) is 10.5 Å². The Bertz CT molecular complexity index is 419. The Kier molecular flexibility index (Phi) is 2.10. The second-order valence-corrected chi connectivity index (χ2v) is 2.92. The van der Waals surface area contributed by atoms with Crippen molar-refractivity contribution in [3.05, 3.63) is 36.7 Å². The monoisotopic (exact) mass is 189 g/mol. The molecule has 0 spiro atoms. The molecular weight excluding hydrogens is 178 g/mol. The molecule has 14 heavy (non-hydrogen) atoms. The fraction of sp³-hybridized carbons (Fsp3) is 0.100. The van der Waals surface area contributed by atoms with Crippen LogP contribution in [0.5, 0.6) is 5.75 Å². The van der Waals surface area contributed by atoms with Gasteiger partial charge in [0.15, 0.2) is 5.75 Å². The lowest BCUT2D eigenvalue weighted by Gasteiger charge is -2.00. The Hall–Kier alpha value is -1.97. The van der Waals surface area contributed by atoms with E-state index in [0.29, 0.717) is 0 Å². The highest BCUT2D eigenvalue weighted by molar-refractivity contribution is 5.44. The van der Waals surface area contributed by atoms with Gasteiger partial charge in [0.2, 0.25) is 0 Å². The van der Waals surface area contributed by atoms with Crippen molar-refractivity contribution in [1.82, 2.24) is 9.78 Å². The minimum Gasteiger partial charge on any atom is -0.493 e. The summed E-state index contributed by atoms with van der Waals surface area (Å²) in [5.74, 6) is 0.738. The van der Waals surface area contributed by atoms with Gasteiger partial charge in [0.05, 0.1) is 25.2 Å². The van der Waals surface area contributed by atoms with Gasteiger partial charge in [0.25, 0.3) is 0 Å². The minimum atomic E-state index is 0.738. The van der Waals surface area contributed by atoms with Crippen LogP contribution < -0.4 is 10.5 Å². The molecule has 0 radical (unpaired) electrons. The van der Waals surface area contributed by atoms with Crippen LogP contribution in [0.3, 0.4) is 0 Å². The normalized spacial score (nSPS) is 10.1. The molecule has 2 rings (SSSR count). The van der Waals surface area contributed by atoms with Gasteiger partial charge in [-0.05, 0) is 24.3 Å². The number of benzene rings is 1. The van der Waals surface area contributed by atoms with Gasteiger partial charge in [-0.1, -0.05) is 0 Å². The third-order valence-electron chi connectivity index (χ3n) is 1.95. The fourth-order valence-corrected chi connectivity index (χ4v) is 1.18. The number of rotatable bonds is 2. The van der Waals surface area contributed by atoms with Crippen molar-refractivity contribution in [3.63, 3.8) is 0 Å². The molecule has 0 aliphatic carbocycles. The van der Waals surface area contributed by atoms with Crippen LogP contribution in [0.25, 0.3) is 5.69 Å². The van der Waals surface area contributed by atoms with Crippen molar-refractivity contribution < 1.29 is 4.74 Å². The zero-order valence-electron chi connectivity index (χ0n) is 7.84. The molecule has 1 aromatic carbocycles. The Morgan fingerprint density at radius 1 is 1.29 bits per heavy atom. The standard InChI is InChI=1S/C10H11N3O/c1-14-10-6-12-13(7-10)9-4-2-8(11)3-5-9/h2-7H,11H2,1H3. The average Bonchev–Trinajstić information content (AvgIpc) is 2.67. The van der Waals surface area contributed by atoms with Gasteiger partial charge >= 0.3 is 0 Å². The van der Waals surface area contributed by atoms with E-state index >= 15 is 0 Å². The van der Waals surface area contributed by atoms with Gasteiger partial charge in [0.1, 0.15) is 0 Å². The quantitative estimate of drug-likeness (QED) is 0.728. The predicted octanol–water partition coefficient (Wildman–Crippen LogP) is 1.46. The van der Waals surface area contributed by atoms with Crippen LogP contribution in [-0.2, 0) is 0 Å². The summed E-state index contributed by atoms with van der Waals surface area (Å²) < 4.78 is 6.77. The summed E-state index contributed by atoms with van der Waals surface area (Å²) in [7, 11) is 1.62. The Morgan fingerprint density at radius 2 is 2.00 bits per heavy atom. The molecule has 0 fully saturated rings. The second kappa shape index (κ2) is 3.41. The zero-order valence-corrected chi connectivity index (χ0v) is 7.84. The van der Waals surface area contributed by atoms with E-state index in [1.54, 1.807) is 18.0 Å². The van der Waals surface area contributed by atoms with Crippen LogP contribution in [0.2, 0.25) is 0 Å². The highest BCUT2D eigenvalue weighted by atomic mass is 16.5. The van der Waals surface area contributed by atoms with Gasteiger partial charge in [-0.15, -0.1) is 0 Å². The number of nitrogen functional groups attached to an aromatic ring is 1. The molecule has 0 saturated heterocycles. The van der Waals surface area contributed by atoms with Crippen molar-refractivity contribution in [1.29, 1.82) is 0 Å². The number of methoxy groups -OCH3 is 1. The maximum Gasteiger partial charge on any atom is 0.157 e. The number of aromatic nitrogens is 2. The van der Waals surface area contributed by atoms with Crippen LogP contribution in [0.1, 0.15) is 0 Å². The molecule has 4 nitrogen and oxygen atoms in total. The number of anilines is 1. The van der Waals surface area contributed by atoms with Crippen molar-refractivity contribution in [2.45, 2.75) is 0 Å². The molecule has 2 aromatic rings. The molecule has 72 valence electrons. The zero-order chi connectivity index (χ0) is 9.97. The average molecular weight is 189 g/mol. The van der Waals surface area contributed by atoms with Crippen molar-refractivity contribution in [3.8, 4) is 11.4 Å². The molecule has 4 heteroatoms. The highest BCUT2D eigenvalue weighted by Gasteiger charge is 1.99. The third kappa shape index (κ3) is 1.54. The smallest absolute Gasteiger partial charge is 0.157 e. The maximum absolute atomic E-state index is 5.58.